The quantitative estimate of drug-likeness (QED) is 0.0727. The van der Waals surface area contributed by atoms with Gasteiger partial charge in [-0.25, -0.2) is 0 Å². The van der Waals surface area contributed by atoms with Crippen LogP contribution in [-0.4, -0.2) is 11.2 Å². The Kier molecular flexibility index (Phi) is 37.9. The summed E-state index contributed by atoms with van der Waals surface area (Å²) >= 11 is 0. The highest BCUT2D eigenvalue weighted by Gasteiger charge is 2.04. The van der Waals surface area contributed by atoms with Crippen LogP contribution in [0.2, 0.25) is 0 Å². The molecule has 1 N–H and O–H groups in total. The number of hydrogen-bond acceptors (Lipinski definition) is 1. The summed E-state index contributed by atoms with van der Waals surface area (Å²) in [6.07, 6.45) is 51.9. The molecule has 1 heteroatoms. The number of rotatable bonds is 37. The van der Waals surface area contributed by atoms with Crippen molar-refractivity contribution in [3.63, 3.8) is 0 Å². The van der Waals surface area contributed by atoms with E-state index >= 15 is 0 Å². The van der Waals surface area contributed by atoms with Crippen LogP contribution >= 0.6 is 0 Å². The molecule has 0 aromatic heterocycles. The Labute approximate surface area is 262 Å². The third-order valence-electron chi connectivity index (χ3n) is 9.53. The molecule has 1 unspecified atom stereocenters. The predicted octanol–water partition coefficient (Wildman–Crippen LogP) is 14.8. The minimum atomic E-state index is -0.0348. The van der Waals surface area contributed by atoms with Gasteiger partial charge >= 0.3 is 0 Å². The van der Waals surface area contributed by atoms with Crippen molar-refractivity contribution < 1.29 is 5.11 Å². The van der Waals surface area contributed by atoms with Gasteiger partial charge in [-0.15, -0.1) is 0 Å². The van der Waals surface area contributed by atoms with Gasteiger partial charge in [-0.2, -0.15) is 0 Å². The third kappa shape index (κ3) is 37.9. The third-order valence-corrected chi connectivity index (χ3v) is 9.53. The van der Waals surface area contributed by atoms with E-state index in [1.54, 1.807) is 0 Å². The Morgan fingerprint density at radius 1 is 0.244 bits per heavy atom. The van der Waals surface area contributed by atoms with Crippen LogP contribution in [0.15, 0.2) is 0 Å². The van der Waals surface area contributed by atoms with Crippen LogP contribution in [0, 0.1) is 0 Å². The summed E-state index contributed by atoms with van der Waals surface area (Å²) in [5, 5.41) is 10.3. The van der Waals surface area contributed by atoms with E-state index in [0.717, 1.165) is 12.8 Å². The van der Waals surface area contributed by atoms with E-state index in [9.17, 15) is 5.11 Å². The van der Waals surface area contributed by atoms with Crippen molar-refractivity contribution in [1.82, 2.24) is 0 Å². The van der Waals surface area contributed by atoms with Gasteiger partial charge < -0.3 is 5.11 Å². The summed E-state index contributed by atoms with van der Waals surface area (Å²) < 4.78 is 0. The summed E-state index contributed by atoms with van der Waals surface area (Å²) in [7, 11) is 0. The molecule has 0 spiro atoms. The van der Waals surface area contributed by atoms with Crippen molar-refractivity contribution in [3.05, 3.63) is 0 Å². The molecule has 1 nitrogen and oxygen atoms in total. The van der Waals surface area contributed by atoms with Crippen LogP contribution in [0.3, 0.4) is 0 Å². The van der Waals surface area contributed by atoms with Gasteiger partial charge in [0.15, 0.2) is 0 Å². The highest BCUT2D eigenvalue weighted by atomic mass is 16.3. The van der Waals surface area contributed by atoms with E-state index in [1.807, 2.05) is 0 Å². The van der Waals surface area contributed by atoms with E-state index in [4.69, 9.17) is 0 Å². The topological polar surface area (TPSA) is 20.2 Å². The second-order valence-corrected chi connectivity index (χ2v) is 13.9. The van der Waals surface area contributed by atoms with E-state index in [-0.39, 0.29) is 6.10 Å². The fourth-order valence-electron chi connectivity index (χ4n) is 6.53. The Bertz CT molecular complexity index is 433. The zero-order valence-corrected chi connectivity index (χ0v) is 29.2. The van der Waals surface area contributed by atoms with E-state index < -0.39 is 0 Å². The van der Waals surface area contributed by atoms with Crippen molar-refractivity contribution in [2.45, 2.75) is 258 Å². The highest BCUT2D eigenvalue weighted by molar-refractivity contribution is 4.58. The number of unbranched alkanes of at least 4 members (excludes halogenated alkanes) is 33. The van der Waals surface area contributed by atoms with Gasteiger partial charge in [-0.3, -0.25) is 0 Å². The molecular weight excluding hydrogens is 496 g/mol. The average Bonchev–Trinajstić information content (AvgIpc) is 2.98. The Hall–Kier alpha value is -0.0400. The maximum absolute atomic E-state index is 10.3. The van der Waals surface area contributed by atoms with Crippen molar-refractivity contribution >= 4 is 0 Å². The van der Waals surface area contributed by atoms with Crippen molar-refractivity contribution in [2.75, 3.05) is 0 Å². The molecular formula is C40H82O. The van der Waals surface area contributed by atoms with Gasteiger partial charge in [-0.05, 0) is 12.8 Å². The summed E-state index contributed by atoms with van der Waals surface area (Å²) in [6.45, 7) is 4.60. The van der Waals surface area contributed by atoms with Gasteiger partial charge in [0.1, 0.15) is 0 Å². The zero-order valence-electron chi connectivity index (χ0n) is 29.2. The van der Waals surface area contributed by atoms with Crippen LogP contribution in [0.5, 0.6) is 0 Å². The molecule has 0 saturated carbocycles. The fraction of sp³-hybridized carbons (Fsp3) is 1.00. The molecule has 0 bridgehead atoms. The van der Waals surface area contributed by atoms with Crippen molar-refractivity contribution in [2.24, 2.45) is 0 Å². The zero-order chi connectivity index (χ0) is 29.7. The maximum atomic E-state index is 10.3. The van der Waals surface area contributed by atoms with E-state index in [2.05, 4.69) is 13.8 Å². The molecule has 0 saturated heterocycles. The lowest BCUT2D eigenvalue weighted by molar-refractivity contribution is 0.147. The molecule has 0 aromatic carbocycles. The molecule has 0 aliphatic heterocycles. The minimum Gasteiger partial charge on any atom is -0.393 e. The van der Waals surface area contributed by atoms with Gasteiger partial charge in [-0.1, -0.05) is 239 Å². The largest absolute Gasteiger partial charge is 0.393 e. The van der Waals surface area contributed by atoms with Gasteiger partial charge in [0, 0.05) is 0 Å². The lowest BCUT2D eigenvalue weighted by Gasteiger charge is -2.10. The first-order valence-electron chi connectivity index (χ1n) is 20.0. The molecule has 0 aliphatic carbocycles. The molecule has 0 aromatic rings. The molecule has 1 atom stereocenters. The Morgan fingerprint density at radius 2 is 0.390 bits per heavy atom. The minimum absolute atomic E-state index is 0.0348. The van der Waals surface area contributed by atoms with Gasteiger partial charge in [0.25, 0.3) is 0 Å². The Balaban J connectivity index is 3.13. The monoisotopic (exact) mass is 579 g/mol. The second kappa shape index (κ2) is 38.0. The molecule has 0 heterocycles. The molecule has 248 valence electrons. The van der Waals surface area contributed by atoms with E-state index in [0.29, 0.717) is 0 Å². The van der Waals surface area contributed by atoms with Crippen LogP contribution in [0.25, 0.3) is 0 Å². The van der Waals surface area contributed by atoms with Crippen molar-refractivity contribution in [3.8, 4) is 0 Å². The first-order valence-corrected chi connectivity index (χ1v) is 20.0. The number of aliphatic hydroxyl groups excluding tert-OH is 1. The fourth-order valence-corrected chi connectivity index (χ4v) is 6.53. The van der Waals surface area contributed by atoms with Crippen LogP contribution in [0.4, 0.5) is 0 Å². The lowest BCUT2D eigenvalue weighted by atomic mass is 10.0. The molecule has 0 radical (unpaired) electrons. The standard InChI is InChI=1S/C40H82O/c1-3-5-7-9-11-13-15-17-19-21-22-23-25-27-29-31-33-35-37-39-40(41)38-36-34-32-30-28-26-24-20-18-16-14-12-10-8-6-4-2/h40-41H,3-39H2,1-2H3. The highest BCUT2D eigenvalue weighted by Crippen LogP contribution is 2.17. The van der Waals surface area contributed by atoms with Crippen molar-refractivity contribution in [1.29, 1.82) is 0 Å². The molecule has 0 fully saturated rings. The molecule has 0 aliphatic rings. The normalized spacial score (nSPS) is 12.4. The second-order valence-electron chi connectivity index (χ2n) is 13.9. The summed E-state index contributed by atoms with van der Waals surface area (Å²) in [5.74, 6) is 0. The Morgan fingerprint density at radius 3 is 0.561 bits per heavy atom. The average molecular weight is 579 g/mol. The molecule has 41 heavy (non-hydrogen) atoms. The first-order chi connectivity index (χ1) is 20.3. The predicted molar refractivity (Wildman–Crippen MR) is 188 cm³/mol. The van der Waals surface area contributed by atoms with Crippen LogP contribution in [-0.2, 0) is 0 Å². The lowest BCUT2D eigenvalue weighted by Crippen LogP contribution is -2.05. The number of hydrogen-bond donors (Lipinski definition) is 1. The van der Waals surface area contributed by atoms with Crippen LogP contribution < -0.4 is 0 Å². The first kappa shape index (κ1) is 41.0. The summed E-state index contributed by atoms with van der Waals surface area (Å²) in [6, 6.07) is 0. The number of aliphatic hydroxyl groups is 1. The SMILES string of the molecule is CCCCCCCCCCCCCCCCCCCCCC(O)CCCCCCCCCCCCCCCCCC. The summed E-state index contributed by atoms with van der Waals surface area (Å²) in [5.41, 5.74) is 0. The van der Waals surface area contributed by atoms with E-state index in [1.165, 1.54) is 225 Å². The van der Waals surface area contributed by atoms with Gasteiger partial charge in [0.2, 0.25) is 0 Å². The van der Waals surface area contributed by atoms with Crippen LogP contribution in [0.1, 0.15) is 251 Å². The molecule has 0 rings (SSSR count). The maximum Gasteiger partial charge on any atom is 0.0540 e. The smallest absolute Gasteiger partial charge is 0.0540 e. The molecule has 0 amide bonds. The summed E-state index contributed by atoms with van der Waals surface area (Å²) in [4.78, 5) is 0. The van der Waals surface area contributed by atoms with Gasteiger partial charge in [0.05, 0.1) is 6.10 Å².